The molecule has 0 aliphatic heterocycles. The Kier molecular flexibility index (Phi) is 3.96. The van der Waals surface area contributed by atoms with Crippen LogP contribution in [0.2, 0.25) is 0 Å². The molecule has 0 aliphatic carbocycles. The summed E-state index contributed by atoms with van der Waals surface area (Å²) < 4.78 is 9.97. The SMILES string of the molecule is COc1cc(C(=O)OC(C)(C)CO)ccc1O. The Morgan fingerprint density at radius 1 is 1.41 bits per heavy atom. The number of hydrogen-bond acceptors (Lipinski definition) is 5. The molecule has 0 atom stereocenters. The average molecular weight is 240 g/mol. The summed E-state index contributed by atoms with van der Waals surface area (Å²) in [7, 11) is 1.39. The van der Waals surface area contributed by atoms with Crippen LogP contribution in [0.1, 0.15) is 24.2 Å². The van der Waals surface area contributed by atoms with Crippen LogP contribution in [0.5, 0.6) is 11.5 Å². The minimum atomic E-state index is -0.942. The van der Waals surface area contributed by atoms with Gasteiger partial charge >= 0.3 is 5.97 Å². The van der Waals surface area contributed by atoms with Crippen LogP contribution in [0.25, 0.3) is 0 Å². The van der Waals surface area contributed by atoms with Gasteiger partial charge in [0.15, 0.2) is 11.5 Å². The van der Waals surface area contributed by atoms with Crippen molar-refractivity contribution in [3.63, 3.8) is 0 Å². The highest BCUT2D eigenvalue weighted by Crippen LogP contribution is 2.27. The van der Waals surface area contributed by atoms with Crippen molar-refractivity contribution in [3.05, 3.63) is 23.8 Å². The Bertz CT molecular complexity index is 411. The van der Waals surface area contributed by atoms with E-state index in [4.69, 9.17) is 14.6 Å². The highest BCUT2D eigenvalue weighted by Gasteiger charge is 2.23. The Morgan fingerprint density at radius 3 is 2.59 bits per heavy atom. The summed E-state index contributed by atoms with van der Waals surface area (Å²) >= 11 is 0. The fourth-order valence-corrected chi connectivity index (χ4v) is 1.15. The number of carbonyl (C=O) groups is 1. The van der Waals surface area contributed by atoms with Crippen molar-refractivity contribution in [2.45, 2.75) is 19.4 Å². The Labute approximate surface area is 99.6 Å². The van der Waals surface area contributed by atoms with Gasteiger partial charge in [0.1, 0.15) is 5.60 Å². The van der Waals surface area contributed by atoms with Gasteiger partial charge in [-0.15, -0.1) is 0 Å². The second-order valence-corrected chi connectivity index (χ2v) is 4.19. The van der Waals surface area contributed by atoms with Gasteiger partial charge in [-0.1, -0.05) is 0 Å². The van der Waals surface area contributed by atoms with Crippen LogP contribution in [0.3, 0.4) is 0 Å². The molecule has 0 aliphatic rings. The van der Waals surface area contributed by atoms with Gasteiger partial charge in [0, 0.05) is 0 Å². The van der Waals surface area contributed by atoms with Gasteiger partial charge in [0.25, 0.3) is 0 Å². The van der Waals surface area contributed by atoms with Crippen molar-refractivity contribution in [3.8, 4) is 11.5 Å². The van der Waals surface area contributed by atoms with Crippen LogP contribution in [0.4, 0.5) is 0 Å². The molecule has 0 amide bonds. The van der Waals surface area contributed by atoms with E-state index in [0.29, 0.717) is 0 Å². The lowest BCUT2D eigenvalue weighted by molar-refractivity contribution is -0.0265. The van der Waals surface area contributed by atoms with Crippen molar-refractivity contribution >= 4 is 5.97 Å². The van der Waals surface area contributed by atoms with Crippen LogP contribution < -0.4 is 4.74 Å². The molecule has 0 fully saturated rings. The number of aliphatic hydroxyl groups is 1. The fraction of sp³-hybridized carbons (Fsp3) is 0.417. The first-order valence-corrected chi connectivity index (χ1v) is 5.11. The molecular formula is C12H16O5. The Balaban J connectivity index is 2.90. The predicted molar refractivity (Wildman–Crippen MR) is 61.2 cm³/mol. The van der Waals surface area contributed by atoms with E-state index in [0.717, 1.165) is 0 Å². The van der Waals surface area contributed by atoms with E-state index in [2.05, 4.69) is 0 Å². The first-order valence-electron chi connectivity index (χ1n) is 5.11. The topological polar surface area (TPSA) is 76.0 Å². The van der Waals surface area contributed by atoms with Gasteiger partial charge < -0.3 is 19.7 Å². The zero-order valence-electron chi connectivity index (χ0n) is 10.1. The third kappa shape index (κ3) is 3.35. The fourth-order valence-electron chi connectivity index (χ4n) is 1.15. The van der Waals surface area contributed by atoms with Gasteiger partial charge in [-0.25, -0.2) is 4.79 Å². The van der Waals surface area contributed by atoms with Gasteiger partial charge in [-0.2, -0.15) is 0 Å². The van der Waals surface area contributed by atoms with E-state index >= 15 is 0 Å². The average Bonchev–Trinajstić information content (AvgIpc) is 2.29. The van der Waals surface area contributed by atoms with Gasteiger partial charge in [0.2, 0.25) is 0 Å². The van der Waals surface area contributed by atoms with Gasteiger partial charge in [-0.05, 0) is 32.0 Å². The van der Waals surface area contributed by atoms with E-state index in [1.54, 1.807) is 13.8 Å². The molecule has 0 bridgehead atoms. The maximum atomic E-state index is 11.7. The van der Waals surface area contributed by atoms with Gasteiger partial charge in [-0.3, -0.25) is 0 Å². The molecule has 0 aromatic heterocycles. The number of benzene rings is 1. The molecule has 0 spiro atoms. The van der Waals surface area contributed by atoms with Crippen LogP contribution in [0, 0.1) is 0 Å². The summed E-state index contributed by atoms with van der Waals surface area (Å²) in [6, 6.07) is 4.15. The molecule has 0 heterocycles. The van der Waals surface area contributed by atoms with Crippen molar-refractivity contribution in [2.75, 3.05) is 13.7 Å². The minimum Gasteiger partial charge on any atom is -0.504 e. The van der Waals surface area contributed by atoms with Crippen LogP contribution in [0.15, 0.2) is 18.2 Å². The van der Waals surface area contributed by atoms with Crippen molar-refractivity contribution in [1.82, 2.24) is 0 Å². The molecule has 2 N–H and O–H groups in total. The number of aromatic hydroxyl groups is 1. The number of ether oxygens (including phenoxy) is 2. The largest absolute Gasteiger partial charge is 0.504 e. The smallest absolute Gasteiger partial charge is 0.338 e. The summed E-state index contributed by atoms with van der Waals surface area (Å²) in [6.07, 6.45) is 0. The molecule has 94 valence electrons. The molecule has 5 heteroatoms. The molecule has 0 saturated carbocycles. The number of methoxy groups -OCH3 is 1. The molecule has 5 nitrogen and oxygen atoms in total. The Hall–Kier alpha value is -1.75. The van der Waals surface area contributed by atoms with Crippen LogP contribution >= 0.6 is 0 Å². The number of esters is 1. The third-order valence-corrected chi connectivity index (χ3v) is 2.17. The maximum Gasteiger partial charge on any atom is 0.338 e. The maximum absolute atomic E-state index is 11.7. The molecule has 1 aromatic carbocycles. The zero-order valence-corrected chi connectivity index (χ0v) is 10.1. The second-order valence-electron chi connectivity index (χ2n) is 4.19. The number of hydrogen-bond donors (Lipinski definition) is 2. The lowest BCUT2D eigenvalue weighted by atomic mass is 10.1. The van der Waals surface area contributed by atoms with E-state index in [1.165, 1.54) is 25.3 Å². The Morgan fingerprint density at radius 2 is 2.06 bits per heavy atom. The number of phenols is 1. The normalized spacial score (nSPS) is 11.1. The highest BCUT2D eigenvalue weighted by molar-refractivity contribution is 5.90. The molecule has 0 radical (unpaired) electrons. The monoisotopic (exact) mass is 240 g/mol. The first kappa shape index (κ1) is 13.3. The molecular weight excluding hydrogens is 224 g/mol. The van der Waals surface area contributed by atoms with E-state index < -0.39 is 11.6 Å². The molecule has 1 aromatic rings. The molecule has 0 saturated heterocycles. The van der Waals surface area contributed by atoms with Crippen LogP contribution in [-0.2, 0) is 4.74 Å². The summed E-state index contributed by atoms with van der Waals surface area (Å²) in [4.78, 5) is 11.7. The number of phenolic OH excluding ortho intramolecular Hbond substituents is 1. The number of aliphatic hydroxyl groups excluding tert-OH is 1. The quantitative estimate of drug-likeness (QED) is 0.776. The lowest BCUT2D eigenvalue weighted by Gasteiger charge is -2.22. The summed E-state index contributed by atoms with van der Waals surface area (Å²) in [5, 5.41) is 18.4. The van der Waals surface area contributed by atoms with Crippen molar-refractivity contribution in [1.29, 1.82) is 0 Å². The lowest BCUT2D eigenvalue weighted by Crippen LogP contribution is -2.32. The summed E-state index contributed by atoms with van der Waals surface area (Å²) in [6.45, 7) is 2.93. The zero-order chi connectivity index (χ0) is 13.1. The molecule has 17 heavy (non-hydrogen) atoms. The minimum absolute atomic E-state index is 0.0505. The first-order chi connectivity index (χ1) is 7.89. The number of carbonyl (C=O) groups excluding carboxylic acids is 1. The number of rotatable bonds is 4. The van der Waals surface area contributed by atoms with Crippen molar-refractivity contribution in [2.24, 2.45) is 0 Å². The third-order valence-electron chi connectivity index (χ3n) is 2.17. The van der Waals surface area contributed by atoms with E-state index in [1.807, 2.05) is 0 Å². The standard InChI is InChI=1S/C12H16O5/c1-12(2,7-13)17-11(15)8-4-5-9(14)10(6-8)16-3/h4-6,13-14H,7H2,1-3H3. The molecule has 0 unspecified atom stereocenters. The van der Waals surface area contributed by atoms with E-state index in [-0.39, 0.29) is 23.7 Å². The predicted octanol–water partition coefficient (Wildman–Crippen LogP) is 1.33. The second kappa shape index (κ2) is 5.05. The van der Waals surface area contributed by atoms with Crippen LogP contribution in [-0.4, -0.2) is 35.5 Å². The van der Waals surface area contributed by atoms with Gasteiger partial charge in [0.05, 0.1) is 19.3 Å². The van der Waals surface area contributed by atoms with E-state index in [9.17, 15) is 9.90 Å². The summed E-state index contributed by atoms with van der Waals surface area (Å²) in [5.41, 5.74) is -0.691. The highest BCUT2D eigenvalue weighted by atomic mass is 16.6. The molecule has 1 rings (SSSR count). The summed E-state index contributed by atoms with van der Waals surface area (Å²) in [5.74, 6) is -0.436. The van der Waals surface area contributed by atoms with Crippen molar-refractivity contribution < 1.29 is 24.5 Å².